The van der Waals surface area contributed by atoms with E-state index in [1.165, 1.54) is 13.2 Å². The largest absolute Gasteiger partial charge is 0.507 e. The second-order valence-electron chi connectivity index (χ2n) is 7.40. The van der Waals surface area contributed by atoms with E-state index >= 15 is 0 Å². The van der Waals surface area contributed by atoms with Gasteiger partial charge in [0.05, 0.1) is 12.7 Å². The van der Waals surface area contributed by atoms with Crippen LogP contribution in [0.4, 0.5) is 14.5 Å². The fraction of sp³-hybridized carbons (Fsp3) is 0.167. The molecule has 1 aliphatic heterocycles. The summed E-state index contributed by atoms with van der Waals surface area (Å²) in [6.45, 7) is 3.40. The fourth-order valence-corrected chi connectivity index (χ4v) is 3.78. The number of aliphatic hydroxyl groups excluding tert-OH is 1. The summed E-state index contributed by atoms with van der Waals surface area (Å²) >= 11 is 0. The minimum atomic E-state index is -1.18. The lowest BCUT2D eigenvalue weighted by atomic mass is 9.96. The predicted molar refractivity (Wildman–Crippen MR) is 112 cm³/mol. The van der Waals surface area contributed by atoms with Gasteiger partial charge in [-0.05, 0) is 61.9 Å². The number of carbonyl (C=O) groups excluding carboxylic acids is 2. The van der Waals surface area contributed by atoms with Crippen LogP contribution in [0.1, 0.15) is 28.7 Å². The maximum atomic E-state index is 13.9. The topological polar surface area (TPSA) is 80.0 Å². The van der Waals surface area contributed by atoms with Crippen molar-refractivity contribution in [1.82, 2.24) is 0 Å². The average molecular weight is 439 g/mol. The number of hydrogen-bond donors (Lipinski definition) is 1. The van der Waals surface area contributed by atoms with Crippen LogP contribution in [-0.2, 0) is 9.59 Å². The van der Waals surface area contributed by atoms with Crippen molar-refractivity contribution >= 4 is 23.1 Å². The van der Waals surface area contributed by atoms with E-state index in [9.17, 15) is 23.5 Å². The summed E-state index contributed by atoms with van der Waals surface area (Å²) in [6, 6.07) is 9.75. The van der Waals surface area contributed by atoms with Crippen molar-refractivity contribution < 1.29 is 32.6 Å². The Morgan fingerprint density at radius 3 is 2.38 bits per heavy atom. The van der Waals surface area contributed by atoms with Crippen molar-refractivity contribution in [2.75, 3.05) is 12.0 Å². The highest BCUT2D eigenvalue weighted by Gasteiger charge is 2.48. The first-order chi connectivity index (χ1) is 15.2. The van der Waals surface area contributed by atoms with Gasteiger partial charge in [0, 0.05) is 17.3 Å². The summed E-state index contributed by atoms with van der Waals surface area (Å²) < 4.78 is 38.3. The Balaban J connectivity index is 1.95. The lowest BCUT2D eigenvalue weighted by Gasteiger charge is -2.23. The molecule has 1 aliphatic rings. The third-order valence-electron chi connectivity index (χ3n) is 5.35. The van der Waals surface area contributed by atoms with Crippen molar-refractivity contribution in [1.29, 1.82) is 0 Å². The smallest absolute Gasteiger partial charge is 0.300 e. The molecule has 0 radical (unpaired) electrons. The van der Waals surface area contributed by atoms with E-state index < -0.39 is 35.1 Å². The minimum Gasteiger partial charge on any atom is -0.507 e. The molecule has 4 rings (SSSR count). The summed E-state index contributed by atoms with van der Waals surface area (Å²) in [5.41, 5.74) is 0.663. The quantitative estimate of drug-likeness (QED) is 0.359. The Morgan fingerprint density at radius 2 is 1.78 bits per heavy atom. The van der Waals surface area contributed by atoms with E-state index in [0.717, 1.165) is 17.0 Å². The molecule has 0 saturated carbocycles. The molecule has 6 nitrogen and oxygen atoms in total. The van der Waals surface area contributed by atoms with Gasteiger partial charge in [-0.2, -0.15) is 0 Å². The lowest BCUT2D eigenvalue weighted by molar-refractivity contribution is -0.132. The highest BCUT2D eigenvalue weighted by atomic mass is 19.2. The van der Waals surface area contributed by atoms with Gasteiger partial charge in [-0.15, -0.1) is 0 Å². The third kappa shape index (κ3) is 3.43. The molecule has 164 valence electrons. The summed E-state index contributed by atoms with van der Waals surface area (Å²) in [5.74, 6) is -3.39. The molecule has 1 unspecified atom stereocenters. The van der Waals surface area contributed by atoms with Gasteiger partial charge in [0.15, 0.2) is 11.6 Å². The molecule has 1 saturated heterocycles. The highest BCUT2D eigenvalue weighted by molar-refractivity contribution is 6.51. The van der Waals surface area contributed by atoms with Gasteiger partial charge in [0.25, 0.3) is 11.7 Å². The summed E-state index contributed by atoms with van der Waals surface area (Å²) in [6.07, 6.45) is 0. The Hall–Kier alpha value is -3.94. The normalized spacial score (nSPS) is 17.8. The molecular formula is C24H19F2NO5. The van der Waals surface area contributed by atoms with Gasteiger partial charge >= 0.3 is 0 Å². The first-order valence-electron chi connectivity index (χ1n) is 9.70. The number of nitrogens with zero attached hydrogens (tertiary/aromatic N) is 1. The van der Waals surface area contributed by atoms with E-state index in [2.05, 4.69) is 0 Å². The van der Waals surface area contributed by atoms with Gasteiger partial charge < -0.3 is 14.3 Å². The minimum absolute atomic E-state index is 0.0458. The van der Waals surface area contributed by atoms with Crippen LogP contribution in [0.15, 0.2) is 58.5 Å². The van der Waals surface area contributed by atoms with Crippen LogP contribution in [0.25, 0.3) is 5.76 Å². The number of benzene rings is 2. The maximum Gasteiger partial charge on any atom is 0.300 e. The number of carbonyl (C=O) groups is 2. The van der Waals surface area contributed by atoms with E-state index in [4.69, 9.17) is 9.15 Å². The number of ketones is 1. The molecule has 3 aromatic rings. The van der Waals surface area contributed by atoms with Crippen molar-refractivity contribution in [3.63, 3.8) is 0 Å². The molecule has 1 aromatic heterocycles. The van der Waals surface area contributed by atoms with Crippen LogP contribution in [0.3, 0.4) is 0 Å². The van der Waals surface area contributed by atoms with Gasteiger partial charge in [0.2, 0.25) is 0 Å². The zero-order valence-electron chi connectivity index (χ0n) is 17.5. The maximum absolute atomic E-state index is 13.9. The molecule has 0 aliphatic carbocycles. The van der Waals surface area contributed by atoms with Crippen LogP contribution in [0.2, 0.25) is 0 Å². The number of hydrogen-bond acceptors (Lipinski definition) is 5. The van der Waals surface area contributed by atoms with Gasteiger partial charge in [-0.1, -0.05) is 0 Å². The van der Waals surface area contributed by atoms with Gasteiger partial charge in [-0.3, -0.25) is 14.5 Å². The zero-order valence-corrected chi connectivity index (χ0v) is 17.5. The molecular weight excluding hydrogens is 420 g/mol. The Bertz CT molecular complexity index is 1280. The van der Waals surface area contributed by atoms with Gasteiger partial charge in [-0.25, -0.2) is 8.78 Å². The van der Waals surface area contributed by atoms with Crippen LogP contribution >= 0.6 is 0 Å². The molecule has 32 heavy (non-hydrogen) atoms. The monoisotopic (exact) mass is 439 g/mol. The van der Waals surface area contributed by atoms with E-state index in [-0.39, 0.29) is 17.0 Å². The fourth-order valence-electron chi connectivity index (χ4n) is 3.78. The van der Waals surface area contributed by atoms with Crippen molar-refractivity contribution in [3.05, 3.63) is 88.4 Å². The average Bonchev–Trinajstić information content (AvgIpc) is 3.30. The first kappa shape index (κ1) is 21.3. The molecule has 2 heterocycles. The Morgan fingerprint density at radius 1 is 1.03 bits per heavy atom. The molecule has 1 fully saturated rings. The predicted octanol–water partition coefficient (Wildman–Crippen LogP) is 4.81. The second-order valence-corrected chi connectivity index (χ2v) is 7.40. The Kier molecular flexibility index (Phi) is 5.30. The number of halogens is 2. The molecule has 8 heteroatoms. The molecule has 2 aromatic carbocycles. The van der Waals surface area contributed by atoms with Crippen LogP contribution < -0.4 is 9.64 Å². The number of aryl methyl sites for hydroxylation is 2. The summed E-state index contributed by atoms with van der Waals surface area (Å²) in [4.78, 5) is 27.0. The summed E-state index contributed by atoms with van der Waals surface area (Å²) in [5, 5.41) is 11.1. The Labute approximate surface area is 182 Å². The molecule has 1 amide bonds. The number of furan rings is 1. The van der Waals surface area contributed by atoms with Crippen molar-refractivity contribution in [2.45, 2.75) is 19.9 Å². The van der Waals surface area contributed by atoms with E-state index in [0.29, 0.717) is 22.6 Å². The number of ether oxygens (including phenoxy) is 1. The van der Waals surface area contributed by atoms with E-state index in [1.54, 1.807) is 44.2 Å². The standard InChI is InChI=1S/C24H19F2NO5/c1-12-10-15(31-3)6-7-16(12)22(28)20-21(19-9-4-13(2)32-19)27(24(30)23(20)29)14-5-8-17(25)18(26)11-14/h4-11,21,28H,1-3H3/b22-20-. The highest BCUT2D eigenvalue weighted by Crippen LogP contribution is 2.43. The number of amides is 1. The zero-order chi connectivity index (χ0) is 23.2. The first-order valence-corrected chi connectivity index (χ1v) is 9.70. The number of aliphatic hydroxyl groups is 1. The van der Waals surface area contributed by atoms with Crippen LogP contribution in [0, 0.1) is 25.5 Å². The summed E-state index contributed by atoms with van der Waals surface area (Å²) in [7, 11) is 1.50. The molecule has 0 spiro atoms. The number of methoxy groups -OCH3 is 1. The number of anilines is 1. The lowest BCUT2D eigenvalue weighted by Crippen LogP contribution is -2.29. The SMILES string of the molecule is COc1ccc(/C(O)=C2/C(=O)C(=O)N(c3ccc(F)c(F)c3)C2c2ccc(C)o2)c(C)c1. The van der Waals surface area contributed by atoms with Crippen LogP contribution in [-0.4, -0.2) is 23.9 Å². The van der Waals surface area contributed by atoms with Crippen molar-refractivity contribution in [3.8, 4) is 5.75 Å². The molecule has 0 bridgehead atoms. The number of rotatable bonds is 4. The molecule has 1 N–H and O–H groups in total. The second kappa shape index (κ2) is 7.96. The van der Waals surface area contributed by atoms with E-state index in [1.807, 2.05) is 0 Å². The van der Waals surface area contributed by atoms with Gasteiger partial charge in [0.1, 0.15) is 29.1 Å². The van der Waals surface area contributed by atoms with Crippen LogP contribution in [0.5, 0.6) is 5.75 Å². The number of Topliss-reactive ketones (excluding diaryl/α,β-unsaturated/α-hetero) is 1. The molecule has 1 atom stereocenters. The third-order valence-corrected chi connectivity index (χ3v) is 5.35. The van der Waals surface area contributed by atoms with Crippen molar-refractivity contribution in [2.24, 2.45) is 0 Å².